The minimum absolute atomic E-state index is 0.197. The van der Waals surface area contributed by atoms with Gasteiger partial charge in [-0.2, -0.15) is 0 Å². The van der Waals surface area contributed by atoms with Gasteiger partial charge in [0.25, 0.3) is 0 Å². The first kappa shape index (κ1) is 13.3. The Kier molecular flexibility index (Phi) is 4.11. The largest absolute Gasteiger partial charge is 0.329 e. The highest BCUT2D eigenvalue weighted by atomic mass is 15.3. The number of rotatable bonds is 3. The summed E-state index contributed by atoms with van der Waals surface area (Å²) in [4.78, 5) is 5.39. The van der Waals surface area contributed by atoms with E-state index in [9.17, 15) is 0 Å². The molecule has 2 saturated heterocycles. The van der Waals surface area contributed by atoms with Gasteiger partial charge >= 0.3 is 0 Å². The van der Waals surface area contributed by atoms with Gasteiger partial charge in [-0.3, -0.25) is 9.80 Å². The van der Waals surface area contributed by atoms with Crippen molar-refractivity contribution in [2.75, 3.05) is 26.2 Å². The van der Waals surface area contributed by atoms with Crippen molar-refractivity contribution in [2.24, 2.45) is 5.73 Å². The lowest BCUT2D eigenvalue weighted by atomic mass is 9.89. The minimum Gasteiger partial charge on any atom is -0.329 e. The molecule has 2 N–H and O–H groups in total. The van der Waals surface area contributed by atoms with Crippen molar-refractivity contribution in [1.29, 1.82) is 0 Å². The summed E-state index contributed by atoms with van der Waals surface area (Å²) in [5.74, 6) is 0. The van der Waals surface area contributed by atoms with Crippen molar-refractivity contribution in [1.82, 2.24) is 9.80 Å². The number of hydrogen-bond donors (Lipinski definition) is 1. The lowest BCUT2D eigenvalue weighted by Crippen LogP contribution is -2.66. The molecule has 0 radical (unpaired) electrons. The summed E-state index contributed by atoms with van der Waals surface area (Å²) in [6.45, 7) is 11.5. The maximum Gasteiger partial charge on any atom is 0.0305 e. The number of hydrogen-bond acceptors (Lipinski definition) is 3. The summed E-state index contributed by atoms with van der Waals surface area (Å²) in [5, 5.41) is 0. The van der Waals surface area contributed by atoms with Gasteiger partial charge in [0.2, 0.25) is 0 Å². The lowest BCUT2D eigenvalue weighted by molar-refractivity contribution is -0.0401. The fourth-order valence-corrected chi connectivity index (χ4v) is 3.57. The predicted octanol–water partition coefficient (Wildman–Crippen LogP) is 1.67. The molecule has 0 aromatic carbocycles. The molecule has 0 aromatic heterocycles. The van der Waals surface area contributed by atoms with E-state index in [1.165, 1.54) is 38.9 Å². The zero-order valence-electron chi connectivity index (χ0n) is 11.8. The third-order valence-electron chi connectivity index (χ3n) is 5.08. The van der Waals surface area contributed by atoms with Crippen LogP contribution in [0.3, 0.4) is 0 Å². The van der Waals surface area contributed by atoms with Crippen LogP contribution in [-0.4, -0.2) is 53.6 Å². The molecule has 0 amide bonds. The second-order valence-electron chi connectivity index (χ2n) is 6.20. The van der Waals surface area contributed by atoms with E-state index in [-0.39, 0.29) is 5.54 Å². The number of piperidine rings is 1. The van der Waals surface area contributed by atoms with E-state index in [0.717, 1.165) is 19.0 Å². The fourth-order valence-electron chi connectivity index (χ4n) is 3.57. The maximum atomic E-state index is 6.02. The van der Waals surface area contributed by atoms with E-state index in [4.69, 9.17) is 5.73 Å². The standard InChI is InChI=1S/C14H29N3/c1-4-14(3,11-15)17-10-13-7-5-6-8-16(13)9-12(17)2/h12-13H,4-11,15H2,1-3H3. The van der Waals surface area contributed by atoms with E-state index in [1.807, 2.05) is 0 Å². The van der Waals surface area contributed by atoms with Crippen LogP contribution < -0.4 is 5.73 Å². The van der Waals surface area contributed by atoms with Crippen LogP contribution in [0.15, 0.2) is 0 Å². The van der Waals surface area contributed by atoms with Gasteiger partial charge in [-0.1, -0.05) is 13.3 Å². The monoisotopic (exact) mass is 239 g/mol. The Labute approximate surface area is 106 Å². The molecule has 0 bridgehead atoms. The topological polar surface area (TPSA) is 32.5 Å². The molecule has 2 heterocycles. The third kappa shape index (κ3) is 2.51. The third-order valence-corrected chi connectivity index (χ3v) is 5.08. The summed E-state index contributed by atoms with van der Waals surface area (Å²) in [6, 6.07) is 1.44. The van der Waals surface area contributed by atoms with E-state index in [1.54, 1.807) is 0 Å². The average molecular weight is 239 g/mol. The average Bonchev–Trinajstić information content (AvgIpc) is 2.37. The van der Waals surface area contributed by atoms with Gasteiger partial charge in [-0.15, -0.1) is 0 Å². The van der Waals surface area contributed by atoms with Crippen LogP contribution in [0.25, 0.3) is 0 Å². The van der Waals surface area contributed by atoms with Gasteiger partial charge < -0.3 is 5.73 Å². The Bertz CT molecular complexity index is 250. The van der Waals surface area contributed by atoms with Gasteiger partial charge in [0.05, 0.1) is 0 Å². The fraction of sp³-hybridized carbons (Fsp3) is 1.00. The van der Waals surface area contributed by atoms with Gasteiger partial charge in [0.1, 0.15) is 0 Å². The van der Waals surface area contributed by atoms with Crippen LogP contribution in [-0.2, 0) is 0 Å². The van der Waals surface area contributed by atoms with E-state index in [2.05, 4.69) is 30.6 Å². The number of fused-ring (bicyclic) bond motifs is 1. The molecule has 0 aliphatic carbocycles. The molecule has 3 nitrogen and oxygen atoms in total. The SMILES string of the molecule is CCC(C)(CN)N1CC2CCCCN2CC1C. The zero-order chi connectivity index (χ0) is 12.5. The van der Waals surface area contributed by atoms with Crippen molar-refractivity contribution in [2.45, 2.75) is 64.1 Å². The molecule has 3 atom stereocenters. The molecule has 2 rings (SSSR count). The molecular formula is C14H29N3. The van der Waals surface area contributed by atoms with E-state index < -0.39 is 0 Å². The Hall–Kier alpha value is -0.120. The van der Waals surface area contributed by atoms with E-state index in [0.29, 0.717) is 6.04 Å². The van der Waals surface area contributed by atoms with Crippen molar-refractivity contribution >= 4 is 0 Å². The normalized spacial score (nSPS) is 35.3. The number of nitrogens with two attached hydrogens (primary N) is 1. The van der Waals surface area contributed by atoms with Gasteiger partial charge in [-0.05, 0) is 39.7 Å². The van der Waals surface area contributed by atoms with Crippen LogP contribution in [0, 0.1) is 0 Å². The summed E-state index contributed by atoms with van der Waals surface area (Å²) in [6.07, 6.45) is 5.34. The summed E-state index contributed by atoms with van der Waals surface area (Å²) in [7, 11) is 0. The summed E-state index contributed by atoms with van der Waals surface area (Å²) < 4.78 is 0. The Morgan fingerprint density at radius 1 is 1.29 bits per heavy atom. The summed E-state index contributed by atoms with van der Waals surface area (Å²) in [5.41, 5.74) is 6.22. The van der Waals surface area contributed by atoms with Crippen molar-refractivity contribution in [3.63, 3.8) is 0 Å². The Morgan fingerprint density at radius 2 is 2.06 bits per heavy atom. The Balaban J connectivity index is 2.08. The molecule has 3 heteroatoms. The van der Waals surface area contributed by atoms with Crippen LogP contribution in [0.2, 0.25) is 0 Å². The highest BCUT2D eigenvalue weighted by molar-refractivity contribution is 4.97. The maximum absolute atomic E-state index is 6.02. The molecule has 2 aliphatic rings. The van der Waals surface area contributed by atoms with Crippen molar-refractivity contribution in [3.8, 4) is 0 Å². The van der Waals surface area contributed by atoms with Gasteiger partial charge in [-0.25, -0.2) is 0 Å². The Morgan fingerprint density at radius 3 is 2.71 bits per heavy atom. The van der Waals surface area contributed by atoms with Gasteiger partial charge in [0, 0.05) is 37.3 Å². The smallest absolute Gasteiger partial charge is 0.0305 e. The van der Waals surface area contributed by atoms with Gasteiger partial charge in [0.15, 0.2) is 0 Å². The number of nitrogens with zero attached hydrogens (tertiary/aromatic N) is 2. The van der Waals surface area contributed by atoms with Crippen LogP contribution in [0.4, 0.5) is 0 Å². The van der Waals surface area contributed by atoms with Crippen LogP contribution in [0.5, 0.6) is 0 Å². The molecule has 2 aliphatic heterocycles. The van der Waals surface area contributed by atoms with Crippen LogP contribution >= 0.6 is 0 Å². The molecular weight excluding hydrogens is 210 g/mol. The quantitative estimate of drug-likeness (QED) is 0.813. The molecule has 0 spiro atoms. The zero-order valence-corrected chi connectivity index (χ0v) is 11.8. The predicted molar refractivity (Wildman–Crippen MR) is 73.1 cm³/mol. The minimum atomic E-state index is 0.197. The van der Waals surface area contributed by atoms with Crippen molar-refractivity contribution in [3.05, 3.63) is 0 Å². The second kappa shape index (κ2) is 5.25. The van der Waals surface area contributed by atoms with E-state index >= 15 is 0 Å². The number of piperazine rings is 1. The summed E-state index contributed by atoms with van der Waals surface area (Å²) >= 11 is 0. The molecule has 17 heavy (non-hydrogen) atoms. The lowest BCUT2D eigenvalue weighted by Gasteiger charge is -2.53. The molecule has 2 fully saturated rings. The highest BCUT2D eigenvalue weighted by Crippen LogP contribution is 2.30. The van der Waals surface area contributed by atoms with Crippen molar-refractivity contribution < 1.29 is 0 Å². The second-order valence-corrected chi connectivity index (χ2v) is 6.20. The molecule has 100 valence electrons. The molecule has 0 aromatic rings. The molecule has 3 unspecified atom stereocenters. The first-order valence-corrected chi connectivity index (χ1v) is 7.31. The highest BCUT2D eigenvalue weighted by Gasteiger charge is 2.40. The first-order chi connectivity index (χ1) is 8.10. The first-order valence-electron chi connectivity index (χ1n) is 7.31. The van der Waals surface area contributed by atoms with Crippen LogP contribution in [0.1, 0.15) is 46.5 Å². The molecule has 0 saturated carbocycles.